The minimum absolute atomic E-state index is 0.488. The van der Waals surface area contributed by atoms with Gasteiger partial charge in [0.25, 0.3) is 0 Å². The molecule has 3 heteroatoms. The fourth-order valence-electron chi connectivity index (χ4n) is 2.24. The highest BCUT2D eigenvalue weighted by molar-refractivity contribution is 5.91. The molecule has 0 aliphatic heterocycles. The molecule has 0 aliphatic rings. The van der Waals surface area contributed by atoms with Gasteiger partial charge in [0.2, 0.25) is 0 Å². The predicted octanol–water partition coefficient (Wildman–Crippen LogP) is 2.57. The summed E-state index contributed by atoms with van der Waals surface area (Å²) in [7, 11) is 2.12. The summed E-state index contributed by atoms with van der Waals surface area (Å²) >= 11 is 0. The summed E-state index contributed by atoms with van der Waals surface area (Å²) in [5.41, 5.74) is 9.04. The molecule has 0 aliphatic carbocycles. The lowest BCUT2D eigenvalue weighted by atomic mass is 10.1. The number of nitrogens with two attached hydrogens (primary N) is 1. The van der Waals surface area contributed by atoms with Crippen molar-refractivity contribution in [1.29, 1.82) is 0 Å². The first-order chi connectivity index (χ1) is 8.61. The van der Waals surface area contributed by atoms with Crippen molar-refractivity contribution in [3.8, 4) is 0 Å². The summed E-state index contributed by atoms with van der Waals surface area (Å²) in [4.78, 5) is 6.84. The number of anilines is 1. The lowest BCUT2D eigenvalue weighted by molar-refractivity contribution is 0.590. The van der Waals surface area contributed by atoms with Gasteiger partial charge in [0.05, 0.1) is 5.52 Å². The van der Waals surface area contributed by atoms with Gasteiger partial charge in [-0.15, -0.1) is 0 Å². The third kappa shape index (κ3) is 2.62. The molecule has 0 saturated carbocycles. The Labute approximate surface area is 109 Å². The Morgan fingerprint density at radius 2 is 2.06 bits per heavy atom. The Morgan fingerprint density at radius 1 is 1.33 bits per heavy atom. The van der Waals surface area contributed by atoms with Crippen LogP contribution in [0.3, 0.4) is 0 Å². The number of benzene rings is 1. The van der Waals surface area contributed by atoms with Gasteiger partial charge in [-0.1, -0.05) is 25.1 Å². The highest BCUT2D eigenvalue weighted by atomic mass is 15.1. The van der Waals surface area contributed by atoms with Crippen molar-refractivity contribution < 1.29 is 0 Å². The highest BCUT2D eigenvalue weighted by Crippen LogP contribution is 2.26. The van der Waals surface area contributed by atoms with E-state index in [-0.39, 0.29) is 0 Å². The lowest BCUT2D eigenvalue weighted by Crippen LogP contribution is -2.28. The molecule has 1 heterocycles. The summed E-state index contributed by atoms with van der Waals surface area (Å²) in [5, 5.41) is 1.20. The standard InChI is InChI=1S/C15H21N3/c1-11(9-16)10-18(3)15-8-12(2)17-14-7-5-4-6-13(14)15/h4-8,11H,9-10,16H2,1-3H3. The number of para-hydroxylation sites is 1. The summed E-state index contributed by atoms with van der Waals surface area (Å²) < 4.78 is 0. The zero-order chi connectivity index (χ0) is 13.1. The molecule has 0 spiro atoms. The molecule has 1 aromatic carbocycles. The van der Waals surface area contributed by atoms with Crippen LogP contribution in [0.15, 0.2) is 30.3 Å². The number of rotatable bonds is 4. The molecule has 0 amide bonds. The maximum Gasteiger partial charge on any atom is 0.0726 e. The molecule has 0 fully saturated rings. The Bertz CT molecular complexity index is 536. The van der Waals surface area contributed by atoms with Crippen LogP contribution >= 0.6 is 0 Å². The Morgan fingerprint density at radius 3 is 2.78 bits per heavy atom. The molecule has 1 atom stereocenters. The number of aryl methyl sites for hydroxylation is 1. The van der Waals surface area contributed by atoms with Crippen LogP contribution in [0.1, 0.15) is 12.6 Å². The molecule has 18 heavy (non-hydrogen) atoms. The summed E-state index contributed by atoms with van der Waals surface area (Å²) in [6.45, 7) is 5.89. The number of nitrogens with zero attached hydrogens (tertiary/aromatic N) is 2. The maximum atomic E-state index is 5.70. The number of pyridine rings is 1. The van der Waals surface area contributed by atoms with E-state index in [1.54, 1.807) is 0 Å². The first kappa shape index (κ1) is 12.8. The second-order valence-corrected chi connectivity index (χ2v) is 5.02. The SMILES string of the molecule is Cc1cc(N(C)CC(C)CN)c2ccccc2n1. The third-order valence-corrected chi connectivity index (χ3v) is 3.22. The summed E-state index contributed by atoms with van der Waals surface area (Å²) in [6.07, 6.45) is 0. The van der Waals surface area contributed by atoms with E-state index in [0.29, 0.717) is 12.5 Å². The largest absolute Gasteiger partial charge is 0.374 e. The number of hydrogen-bond donors (Lipinski definition) is 1. The van der Waals surface area contributed by atoms with Crippen LogP contribution in [-0.2, 0) is 0 Å². The van der Waals surface area contributed by atoms with E-state index in [2.05, 4.69) is 48.1 Å². The van der Waals surface area contributed by atoms with E-state index < -0.39 is 0 Å². The van der Waals surface area contributed by atoms with Crippen LogP contribution in [0, 0.1) is 12.8 Å². The van der Waals surface area contributed by atoms with E-state index >= 15 is 0 Å². The van der Waals surface area contributed by atoms with Gasteiger partial charge < -0.3 is 10.6 Å². The molecule has 2 N–H and O–H groups in total. The Balaban J connectivity index is 2.43. The number of aromatic nitrogens is 1. The van der Waals surface area contributed by atoms with Crippen molar-refractivity contribution in [3.63, 3.8) is 0 Å². The molecule has 2 aromatic rings. The zero-order valence-electron chi connectivity index (χ0n) is 11.4. The van der Waals surface area contributed by atoms with Crippen LogP contribution < -0.4 is 10.6 Å². The van der Waals surface area contributed by atoms with Crippen molar-refractivity contribution in [2.75, 3.05) is 25.0 Å². The molecule has 0 bridgehead atoms. The van der Waals surface area contributed by atoms with Crippen molar-refractivity contribution in [3.05, 3.63) is 36.0 Å². The normalized spacial score (nSPS) is 12.7. The van der Waals surface area contributed by atoms with Gasteiger partial charge in [-0.05, 0) is 31.5 Å². The van der Waals surface area contributed by atoms with Gasteiger partial charge in [0.15, 0.2) is 0 Å². The topological polar surface area (TPSA) is 42.1 Å². The smallest absolute Gasteiger partial charge is 0.0726 e. The van der Waals surface area contributed by atoms with Crippen molar-refractivity contribution in [2.24, 2.45) is 11.7 Å². The van der Waals surface area contributed by atoms with Crippen LogP contribution in [0.25, 0.3) is 10.9 Å². The van der Waals surface area contributed by atoms with Gasteiger partial charge in [-0.25, -0.2) is 0 Å². The molecule has 0 radical (unpaired) electrons. The van der Waals surface area contributed by atoms with Gasteiger partial charge in [0, 0.05) is 30.4 Å². The molecule has 0 saturated heterocycles. The van der Waals surface area contributed by atoms with E-state index in [9.17, 15) is 0 Å². The molecule has 2 rings (SSSR count). The third-order valence-electron chi connectivity index (χ3n) is 3.22. The monoisotopic (exact) mass is 243 g/mol. The Kier molecular flexibility index (Phi) is 3.82. The van der Waals surface area contributed by atoms with E-state index in [4.69, 9.17) is 5.73 Å². The van der Waals surface area contributed by atoms with Crippen LogP contribution in [0.4, 0.5) is 5.69 Å². The van der Waals surface area contributed by atoms with E-state index in [1.165, 1.54) is 11.1 Å². The van der Waals surface area contributed by atoms with Crippen molar-refractivity contribution in [2.45, 2.75) is 13.8 Å². The first-order valence-corrected chi connectivity index (χ1v) is 6.39. The first-order valence-electron chi connectivity index (χ1n) is 6.39. The highest BCUT2D eigenvalue weighted by Gasteiger charge is 2.10. The van der Waals surface area contributed by atoms with Crippen molar-refractivity contribution in [1.82, 2.24) is 4.98 Å². The fraction of sp³-hybridized carbons (Fsp3) is 0.400. The predicted molar refractivity (Wildman–Crippen MR) is 78.0 cm³/mol. The average molecular weight is 243 g/mol. The minimum Gasteiger partial charge on any atom is -0.374 e. The fourth-order valence-corrected chi connectivity index (χ4v) is 2.24. The minimum atomic E-state index is 0.488. The maximum absolute atomic E-state index is 5.70. The second-order valence-electron chi connectivity index (χ2n) is 5.02. The molecule has 1 unspecified atom stereocenters. The number of fused-ring (bicyclic) bond motifs is 1. The van der Waals surface area contributed by atoms with Gasteiger partial charge in [0.1, 0.15) is 0 Å². The molecule has 1 aromatic heterocycles. The van der Waals surface area contributed by atoms with Crippen LogP contribution in [0.2, 0.25) is 0 Å². The van der Waals surface area contributed by atoms with Crippen LogP contribution in [0.5, 0.6) is 0 Å². The number of hydrogen-bond acceptors (Lipinski definition) is 3. The Hall–Kier alpha value is -1.61. The van der Waals surface area contributed by atoms with Gasteiger partial charge in [-0.3, -0.25) is 4.98 Å². The van der Waals surface area contributed by atoms with Crippen LogP contribution in [-0.4, -0.2) is 25.1 Å². The van der Waals surface area contributed by atoms with E-state index in [1.807, 2.05) is 13.0 Å². The lowest BCUT2D eigenvalue weighted by Gasteiger charge is -2.24. The molecular formula is C15H21N3. The van der Waals surface area contributed by atoms with E-state index in [0.717, 1.165) is 17.8 Å². The quantitative estimate of drug-likeness (QED) is 0.897. The van der Waals surface area contributed by atoms with Gasteiger partial charge >= 0.3 is 0 Å². The summed E-state index contributed by atoms with van der Waals surface area (Å²) in [5.74, 6) is 0.488. The van der Waals surface area contributed by atoms with Gasteiger partial charge in [-0.2, -0.15) is 0 Å². The summed E-state index contributed by atoms with van der Waals surface area (Å²) in [6, 6.07) is 10.4. The molecule has 96 valence electrons. The molecular weight excluding hydrogens is 222 g/mol. The molecule has 3 nitrogen and oxygen atoms in total. The van der Waals surface area contributed by atoms with Crippen molar-refractivity contribution >= 4 is 16.6 Å². The second kappa shape index (κ2) is 5.36. The zero-order valence-corrected chi connectivity index (χ0v) is 11.4. The average Bonchev–Trinajstić information content (AvgIpc) is 2.37.